The second-order valence-electron chi connectivity index (χ2n) is 6.80. The van der Waals surface area contributed by atoms with Crippen molar-refractivity contribution in [2.75, 3.05) is 6.61 Å². The summed E-state index contributed by atoms with van der Waals surface area (Å²) in [7, 11) is 0. The quantitative estimate of drug-likeness (QED) is 0.450. The standard InChI is InChI=1S/C23H24N2O3S/c1-5-11-25-19-10-9-18(22(27)28-6-2)13-20(19)29-23(25)24-21(26)14-17-8-7-15(3)12-16(17)4/h5,7-10,12-13H,1,6,11,14H2,2-4H3. The molecule has 29 heavy (non-hydrogen) atoms. The lowest BCUT2D eigenvalue weighted by molar-refractivity contribution is -0.117. The first-order chi connectivity index (χ1) is 13.9. The summed E-state index contributed by atoms with van der Waals surface area (Å²) in [5.74, 6) is -0.561. The number of aromatic nitrogens is 1. The maximum absolute atomic E-state index is 12.6. The molecule has 0 N–H and O–H groups in total. The van der Waals surface area contributed by atoms with Gasteiger partial charge < -0.3 is 9.30 Å². The van der Waals surface area contributed by atoms with E-state index >= 15 is 0 Å². The van der Waals surface area contributed by atoms with Crippen LogP contribution in [0.5, 0.6) is 0 Å². The molecule has 6 heteroatoms. The Labute approximate surface area is 174 Å². The highest BCUT2D eigenvalue weighted by molar-refractivity contribution is 7.16. The zero-order valence-electron chi connectivity index (χ0n) is 16.9. The number of aryl methyl sites for hydroxylation is 2. The summed E-state index contributed by atoms with van der Waals surface area (Å²) in [6.45, 7) is 10.5. The van der Waals surface area contributed by atoms with Gasteiger partial charge in [-0.05, 0) is 50.1 Å². The largest absolute Gasteiger partial charge is 0.462 e. The van der Waals surface area contributed by atoms with E-state index in [-0.39, 0.29) is 18.3 Å². The van der Waals surface area contributed by atoms with Gasteiger partial charge in [-0.2, -0.15) is 4.99 Å². The summed E-state index contributed by atoms with van der Waals surface area (Å²) < 4.78 is 7.88. The van der Waals surface area contributed by atoms with Crippen molar-refractivity contribution >= 4 is 33.4 Å². The van der Waals surface area contributed by atoms with Gasteiger partial charge in [0.05, 0.1) is 28.8 Å². The van der Waals surface area contributed by atoms with E-state index in [1.165, 1.54) is 16.9 Å². The smallest absolute Gasteiger partial charge is 0.338 e. The van der Waals surface area contributed by atoms with Gasteiger partial charge in [0.15, 0.2) is 4.80 Å². The lowest BCUT2D eigenvalue weighted by Crippen LogP contribution is -2.17. The summed E-state index contributed by atoms with van der Waals surface area (Å²) >= 11 is 1.38. The number of carbonyl (C=O) groups is 2. The fraction of sp³-hybridized carbons (Fsp3) is 0.261. The Hall–Kier alpha value is -2.99. The van der Waals surface area contributed by atoms with Crippen LogP contribution in [0.2, 0.25) is 0 Å². The second kappa shape index (κ2) is 9.01. The zero-order chi connectivity index (χ0) is 21.0. The average Bonchev–Trinajstić information content (AvgIpc) is 3.01. The van der Waals surface area contributed by atoms with Gasteiger partial charge in [0.25, 0.3) is 5.91 Å². The van der Waals surface area contributed by atoms with Crippen molar-refractivity contribution in [2.45, 2.75) is 33.7 Å². The topological polar surface area (TPSA) is 60.7 Å². The Morgan fingerprint density at radius 3 is 2.69 bits per heavy atom. The van der Waals surface area contributed by atoms with Crippen LogP contribution in [-0.2, 0) is 22.5 Å². The molecule has 1 aromatic heterocycles. The molecule has 1 amide bonds. The molecule has 0 saturated heterocycles. The zero-order valence-corrected chi connectivity index (χ0v) is 17.7. The Morgan fingerprint density at radius 2 is 2.00 bits per heavy atom. The number of amides is 1. The van der Waals surface area contributed by atoms with E-state index in [4.69, 9.17) is 4.74 Å². The fourth-order valence-electron chi connectivity index (χ4n) is 3.16. The van der Waals surface area contributed by atoms with Crippen LogP contribution < -0.4 is 4.80 Å². The second-order valence-corrected chi connectivity index (χ2v) is 7.81. The summed E-state index contributed by atoms with van der Waals surface area (Å²) in [5, 5.41) is 0. The van der Waals surface area contributed by atoms with E-state index in [0.717, 1.165) is 21.3 Å². The van der Waals surface area contributed by atoms with Crippen molar-refractivity contribution in [2.24, 2.45) is 4.99 Å². The summed E-state index contributed by atoms with van der Waals surface area (Å²) in [6.07, 6.45) is 2.02. The number of rotatable bonds is 6. The molecular weight excluding hydrogens is 384 g/mol. The molecule has 0 radical (unpaired) electrons. The summed E-state index contributed by atoms with van der Waals surface area (Å²) in [6, 6.07) is 11.4. The number of benzene rings is 2. The molecule has 0 aliphatic rings. The Bertz CT molecular complexity index is 1150. The third-order valence-corrected chi connectivity index (χ3v) is 5.61. The molecule has 0 unspecified atom stereocenters. The first-order valence-electron chi connectivity index (χ1n) is 9.48. The van der Waals surface area contributed by atoms with Crippen molar-refractivity contribution in [1.82, 2.24) is 4.57 Å². The normalized spacial score (nSPS) is 11.6. The first-order valence-corrected chi connectivity index (χ1v) is 10.3. The number of allylic oxidation sites excluding steroid dienone is 1. The lowest BCUT2D eigenvalue weighted by Gasteiger charge is -2.05. The first kappa shape index (κ1) is 20.7. The van der Waals surface area contributed by atoms with Crippen LogP contribution in [0.4, 0.5) is 0 Å². The predicted octanol–water partition coefficient (Wildman–Crippen LogP) is 4.35. The molecule has 1 heterocycles. The maximum atomic E-state index is 12.6. The van der Waals surface area contributed by atoms with E-state index in [9.17, 15) is 9.59 Å². The highest BCUT2D eigenvalue weighted by Crippen LogP contribution is 2.20. The highest BCUT2D eigenvalue weighted by Gasteiger charge is 2.12. The Balaban J connectivity index is 1.99. The van der Waals surface area contributed by atoms with Crippen LogP contribution in [0.1, 0.15) is 34.0 Å². The molecule has 2 aromatic carbocycles. The monoisotopic (exact) mass is 408 g/mol. The van der Waals surface area contributed by atoms with Gasteiger partial charge in [-0.15, -0.1) is 6.58 Å². The van der Waals surface area contributed by atoms with Crippen molar-refractivity contribution in [1.29, 1.82) is 0 Å². The van der Waals surface area contributed by atoms with Crippen molar-refractivity contribution in [3.8, 4) is 0 Å². The van der Waals surface area contributed by atoms with Crippen molar-refractivity contribution < 1.29 is 14.3 Å². The summed E-state index contributed by atoms with van der Waals surface area (Å²) in [4.78, 5) is 29.6. The van der Waals surface area contributed by atoms with Crippen LogP contribution in [0.3, 0.4) is 0 Å². The molecule has 0 aliphatic carbocycles. The number of esters is 1. The molecule has 150 valence electrons. The van der Waals surface area contributed by atoms with Gasteiger partial charge in [-0.3, -0.25) is 4.79 Å². The van der Waals surface area contributed by atoms with Crippen LogP contribution >= 0.6 is 11.3 Å². The van der Waals surface area contributed by atoms with Gasteiger partial charge in [-0.25, -0.2) is 4.79 Å². The third kappa shape index (κ3) is 4.71. The molecule has 3 aromatic rings. The minimum atomic E-state index is -0.359. The molecule has 3 rings (SSSR count). The minimum absolute atomic E-state index is 0.202. The fourth-order valence-corrected chi connectivity index (χ4v) is 4.25. The molecule has 0 atom stereocenters. The van der Waals surface area contributed by atoms with Gasteiger partial charge in [0.2, 0.25) is 0 Å². The Morgan fingerprint density at radius 1 is 1.21 bits per heavy atom. The molecular formula is C23H24N2O3S. The van der Waals surface area contributed by atoms with E-state index in [0.29, 0.717) is 23.5 Å². The number of fused-ring (bicyclic) bond motifs is 1. The average molecular weight is 409 g/mol. The molecule has 0 aliphatic heterocycles. The number of hydrogen-bond acceptors (Lipinski definition) is 4. The Kier molecular flexibility index (Phi) is 6.44. The van der Waals surface area contributed by atoms with Crippen LogP contribution in [0, 0.1) is 13.8 Å². The van der Waals surface area contributed by atoms with Gasteiger partial charge >= 0.3 is 5.97 Å². The van der Waals surface area contributed by atoms with E-state index in [1.54, 1.807) is 25.1 Å². The molecule has 0 fully saturated rings. The number of ether oxygens (including phenoxy) is 1. The predicted molar refractivity (Wildman–Crippen MR) is 116 cm³/mol. The summed E-state index contributed by atoms with van der Waals surface area (Å²) in [5.41, 5.74) is 4.62. The molecule has 0 spiro atoms. The highest BCUT2D eigenvalue weighted by atomic mass is 32.1. The van der Waals surface area contributed by atoms with Crippen molar-refractivity contribution in [3.63, 3.8) is 0 Å². The van der Waals surface area contributed by atoms with Crippen LogP contribution in [0.15, 0.2) is 54.0 Å². The molecule has 0 bridgehead atoms. The van der Waals surface area contributed by atoms with Crippen LogP contribution in [0.25, 0.3) is 10.2 Å². The van der Waals surface area contributed by atoms with Gasteiger partial charge in [0, 0.05) is 6.54 Å². The molecule has 0 saturated carbocycles. The van der Waals surface area contributed by atoms with E-state index in [2.05, 4.69) is 17.6 Å². The number of nitrogens with zero attached hydrogens (tertiary/aromatic N) is 2. The third-order valence-electron chi connectivity index (χ3n) is 4.57. The van der Waals surface area contributed by atoms with E-state index in [1.807, 2.05) is 36.6 Å². The minimum Gasteiger partial charge on any atom is -0.462 e. The number of thiazole rings is 1. The number of hydrogen-bond donors (Lipinski definition) is 0. The van der Waals surface area contributed by atoms with Gasteiger partial charge in [-0.1, -0.05) is 41.2 Å². The van der Waals surface area contributed by atoms with E-state index < -0.39 is 0 Å². The van der Waals surface area contributed by atoms with Crippen molar-refractivity contribution in [3.05, 3.63) is 76.1 Å². The SMILES string of the molecule is C=CCn1c(=NC(=O)Cc2ccc(C)cc2C)sc2cc(C(=O)OCC)ccc21. The van der Waals surface area contributed by atoms with Gasteiger partial charge in [0.1, 0.15) is 0 Å². The van der Waals surface area contributed by atoms with Crippen LogP contribution in [-0.4, -0.2) is 23.1 Å². The maximum Gasteiger partial charge on any atom is 0.338 e. The number of carbonyl (C=O) groups excluding carboxylic acids is 2. The lowest BCUT2D eigenvalue weighted by atomic mass is 10.0. The molecule has 5 nitrogen and oxygen atoms in total.